The highest BCUT2D eigenvalue weighted by atomic mass is 35.5. The molecular formula is C27H23Cl2F4NO3. The fourth-order valence-corrected chi connectivity index (χ4v) is 4.49. The molecule has 3 rings (SSSR count). The number of hydrogen-bond donors (Lipinski definition) is 1. The van der Waals surface area contributed by atoms with Gasteiger partial charge in [0.25, 0.3) is 0 Å². The molecule has 4 nitrogen and oxygen atoms in total. The van der Waals surface area contributed by atoms with Crippen LogP contribution in [-0.4, -0.2) is 18.5 Å². The maximum absolute atomic E-state index is 14.7. The number of carbonyl (C=O) groups is 2. The number of hydrogen-bond acceptors (Lipinski definition) is 3. The summed E-state index contributed by atoms with van der Waals surface area (Å²) in [5.41, 5.74) is -1.56. The zero-order chi connectivity index (χ0) is 27.2. The molecule has 0 saturated heterocycles. The summed E-state index contributed by atoms with van der Waals surface area (Å²) in [6, 6.07) is 10.4. The Balaban J connectivity index is 1.99. The van der Waals surface area contributed by atoms with Crippen molar-refractivity contribution in [2.75, 3.05) is 11.9 Å². The van der Waals surface area contributed by atoms with E-state index in [0.29, 0.717) is 12.1 Å². The molecule has 196 valence electrons. The largest absolute Gasteiger partial charge is 0.466 e. The number of carbonyl (C=O) groups excluding carboxylic acids is 2. The minimum atomic E-state index is -1.66. The molecule has 0 aliphatic heterocycles. The van der Waals surface area contributed by atoms with E-state index < -0.39 is 40.6 Å². The van der Waals surface area contributed by atoms with Crippen LogP contribution in [0.2, 0.25) is 10.0 Å². The van der Waals surface area contributed by atoms with E-state index in [1.165, 1.54) is 24.3 Å². The number of anilines is 1. The van der Waals surface area contributed by atoms with Gasteiger partial charge in [-0.15, -0.1) is 0 Å². The van der Waals surface area contributed by atoms with Gasteiger partial charge in [0.2, 0.25) is 5.91 Å². The molecule has 0 aliphatic rings. The Morgan fingerprint density at radius 3 is 1.84 bits per heavy atom. The summed E-state index contributed by atoms with van der Waals surface area (Å²) in [5.74, 6) is -4.85. The zero-order valence-corrected chi connectivity index (χ0v) is 21.2. The van der Waals surface area contributed by atoms with Crippen LogP contribution in [0.5, 0.6) is 0 Å². The molecule has 3 aromatic rings. The number of rotatable bonds is 10. The average Bonchev–Trinajstić information content (AvgIpc) is 2.83. The van der Waals surface area contributed by atoms with Crippen LogP contribution >= 0.6 is 23.2 Å². The SMILES string of the molecule is CCOC(=O)C(CCC(=O)Nc1c(Cl)cccc1Cl)(Cc1ccc(F)cc1F)Cc1ccc(F)cc1F. The third kappa shape index (κ3) is 7.23. The molecule has 0 heterocycles. The van der Waals surface area contributed by atoms with Gasteiger partial charge in [0.05, 0.1) is 27.8 Å². The third-order valence-electron chi connectivity index (χ3n) is 5.85. The van der Waals surface area contributed by atoms with E-state index in [-0.39, 0.29) is 59.1 Å². The number of ether oxygens (including phenoxy) is 1. The molecule has 3 aromatic carbocycles. The summed E-state index contributed by atoms with van der Waals surface area (Å²) in [6.07, 6.45) is -1.18. The van der Waals surface area contributed by atoms with E-state index in [1.807, 2.05) is 0 Å². The fraction of sp³-hybridized carbons (Fsp3) is 0.259. The van der Waals surface area contributed by atoms with Gasteiger partial charge in [-0.25, -0.2) is 17.6 Å². The average molecular weight is 556 g/mol. The quantitative estimate of drug-likeness (QED) is 0.211. The molecule has 1 N–H and O–H groups in total. The molecule has 10 heteroatoms. The summed E-state index contributed by atoms with van der Waals surface area (Å²) in [6.45, 7) is 1.52. The van der Waals surface area contributed by atoms with Crippen molar-refractivity contribution < 1.29 is 31.9 Å². The molecule has 0 fully saturated rings. The van der Waals surface area contributed by atoms with E-state index >= 15 is 0 Å². The molecule has 0 aliphatic carbocycles. The van der Waals surface area contributed by atoms with Crippen molar-refractivity contribution in [3.63, 3.8) is 0 Å². The van der Waals surface area contributed by atoms with Gasteiger partial charge in [-0.3, -0.25) is 9.59 Å². The molecule has 0 radical (unpaired) electrons. The molecule has 0 atom stereocenters. The van der Waals surface area contributed by atoms with Crippen LogP contribution in [0.4, 0.5) is 23.2 Å². The maximum Gasteiger partial charge on any atom is 0.312 e. The number of amides is 1. The highest BCUT2D eigenvalue weighted by molar-refractivity contribution is 6.39. The Morgan fingerprint density at radius 2 is 1.38 bits per heavy atom. The number of benzene rings is 3. The molecule has 0 aromatic heterocycles. The standard InChI is InChI=1S/C27H23Cl2F4NO3/c1-2-37-26(36)27(14-16-6-8-18(30)12-22(16)32,15-17-7-9-19(31)13-23(17)33)11-10-24(35)34-25-20(28)4-3-5-21(25)29/h3-9,12-13H,2,10-11,14-15H2,1H3,(H,34,35). The Bertz CT molecular complexity index is 1230. The van der Waals surface area contributed by atoms with Crippen LogP contribution in [0.15, 0.2) is 54.6 Å². The van der Waals surface area contributed by atoms with Crippen molar-refractivity contribution >= 4 is 40.8 Å². The molecule has 0 saturated carbocycles. The molecule has 37 heavy (non-hydrogen) atoms. The van der Waals surface area contributed by atoms with Crippen molar-refractivity contribution in [3.8, 4) is 0 Å². The predicted molar refractivity (Wildman–Crippen MR) is 134 cm³/mol. The van der Waals surface area contributed by atoms with Gasteiger partial charge in [-0.1, -0.05) is 41.4 Å². The van der Waals surface area contributed by atoms with Crippen LogP contribution in [0, 0.1) is 28.7 Å². The van der Waals surface area contributed by atoms with Crippen molar-refractivity contribution in [1.29, 1.82) is 0 Å². The van der Waals surface area contributed by atoms with E-state index in [9.17, 15) is 27.2 Å². The van der Waals surface area contributed by atoms with Gasteiger partial charge >= 0.3 is 5.97 Å². The summed E-state index contributed by atoms with van der Waals surface area (Å²) in [5, 5.41) is 2.97. The summed E-state index contributed by atoms with van der Waals surface area (Å²) < 4.78 is 61.6. The lowest BCUT2D eigenvalue weighted by molar-refractivity contribution is -0.156. The van der Waals surface area contributed by atoms with Gasteiger partial charge in [-0.2, -0.15) is 0 Å². The van der Waals surface area contributed by atoms with Gasteiger partial charge in [0.1, 0.15) is 23.3 Å². The highest BCUT2D eigenvalue weighted by Crippen LogP contribution is 2.37. The second-order valence-corrected chi connectivity index (χ2v) is 9.29. The first-order valence-corrected chi connectivity index (χ1v) is 12.1. The van der Waals surface area contributed by atoms with Crippen LogP contribution < -0.4 is 5.32 Å². The van der Waals surface area contributed by atoms with Gasteiger partial charge in [-0.05, 0) is 61.6 Å². The Kier molecular flexibility index (Phi) is 9.56. The number of para-hydroxylation sites is 1. The number of esters is 1. The van der Waals surface area contributed by atoms with Crippen molar-refractivity contribution in [1.82, 2.24) is 0 Å². The minimum Gasteiger partial charge on any atom is -0.466 e. The smallest absolute Gasteiger partial charge is 0.312 e. The van der Waals surface area contributed by atoms with E-state index in [1.54, 1.807) is 13.0 Å². The van der Waals surface area contributed by atoms with Gasteiger partial charge < -0.3 is 10.1 Å². The van der Waals surface area contributed by atoms with Crippen LogP contribution in [-0.2, 0) is 27.2 Å². The van der Waals surface area contributed by atoms with E-state index in [0.717, 1.165) is 12.1 Å². The Labute approximate surface area is 221 Å². The van der Waals surface area contributed by atoms with Crippen LogP contribution in [0.3, 0.4) is 0 Å². The Morgan fingerprint density at radius 1 is 0.865 bits per heavy atom. The second-order valence-electron chi connectivity index (χ2n) is 8.47. The molecule has 0 spiro atoms. The summed E-state index contributed by atoms with van der Waals surface area (Å²) >= 11 is 12.2. The van der Waals surface area contributed by atoms with Gasteiger partial charge in [0.15, 0.2) is 0 Å². The van der Waals surface area contributed by atoms with Crippen molar-refractivity contribution in [2.24, 2.45) is 5.41 Å². The maximum atomic E-state index is 14.7. The van der Waals surface area contributed by atoms with E-state index in [2.05, 4.69) is 5.32 Å². The predicted octanol–water partition coefficient (Wildman–Crippen LogP) is 7.30. The van der Waals surface area contributed by atoms with Crippen molar-refractivity contribution in [3.05, 3.63) is 99.0 Å². The first-order chi connectivity index (χ1) is 17.5. The normalized spacial score (nSPS) is 11.3. The van der Waals surface area contributed by atoms with Gasteiger partial charge in [0, 0.05) is 18.6 Å². The Hall–Kier alpha value is -3.10. The zero-order valence-electron chi connectivity index (χ0n) is 19.7. The third-order valence-corrected chi connectivity index (χ3v) is 6.48. The van der Waals surface area contributed by atoms with Crippen LogP contribution in [0.1, 0.15) is 30.9 Å². The molecule has 0 unspecified atom stereocenters. The molecular weight excluding hydrogens is 533 g/mol. The topological polar surface area (TPSA) is 55.4 Å². The lowest BCUT2D eigenvalue weighted by atomic mass is 9.73. The summed E-state index contributed by atoms with van der Waals surface area (Å²) in [7, 11) is 0. The van der Waals surface area contributed by atoms with E-state index in [4.69, 9.17) is 27.9 Å². The second kappa shape index (κ2) is 12.4. The lowest BCUT2D eigenvalue weighted by Crippen LogP contribution is -2.39. The molecule has 1 amide bonds. The van der Waals surface area contributed by atoms with Crippen molar-refractivity contribution in [2.45, 2.75) is 32.6 Å². The van der Waals surface area contributed by atoms with Crippen LogP contribution in [0.25, 0.3) is 0 Å². The molecule has 0 bridgehead atoms. The summed E-state index contributed by atoms with van der Waals surface area (Å²) in [4.78, 5) is 26.2. The number of halogens is 6. The monoisotopic (exact) mass is 555 g/mol. The first kappa shape index (κ1) is 28.5. The number of nitrogens with one attached hydrogen (secondary N) is 1. The highest BCUT2D eigenvalue weighted by Gasteiger charge is 2.42. The fourth-order valence-electron chi connectivity index (χ4n) is 4.00. The lowest BCUT2D eigenvalue weighted by Gasteiger charge is -2.32. The first-order valence-electron chi connectivity index (χ1n) is 11.3. The minimum absolute atomic E-state index is 0.0356.